The molecule has 2 aromatic carbocycles. The predicted octanol–water partition coefficient (Wildman–Crippen LogP) is 5.27. The lowest BCUT2D eigenvalue weighted by molar-refractivity contribution is 0.0826. The highest BCUT2D eigenvalue weighted by Gasteiger charge is 2.50. The molecule has 0 aliphatic carbocycles. The van der Waals surface area contributed by atoms with Crippen LogP contribution >= 0.6 is 0 Å². The molecule has 0 fully saturated rings. The molecule has 0 N–H and O–H groups in total. The quantitative estimate of drug-likeness (QED) is 0.302. The molecule has 3 aromatic rings. The molecule has 6 heteroatoms. The lowest BCUT2D eigenvalue weighted by atomic mass is 10.2. The summed E-state index contributed by atoms with van der Waals surface area (Å²) in [4.78, 5) is 4.39. The van der Waals surface area contributed by atoms with Crippen molar-refractivity contribution < 1.29 is 9.16 Å². The van der Waals surface area contributed by atoms with Gasteiger partial charge in [0, 0.05) is 14.7 Å². The normalized spacial score (nSPS) is 12.8. The van der Waals surface area contributed by atoms with Gasteiger partial charge in [0.15, 0.2) is 0 Å². The summed E-state index contributed by atoms with van der Waals surface area (Å²) in [7, 11) is -3.67. The highest BCUT2D eigenvalue weighted by atomic mass is 28.4. The van der Waals surface area contributed by atoms with Gasteiger partial charge >= 0.3 is 0 Å². The Balaban J connectivity index is 1.86. The number of benzene rings is 2. The third kappa shape index (κ3) is 5.87. The molecular formula is C26H38N2O2Si2. The maximum absolute atomic E-state index is 7.04. The van der Waals surface area contributed by atoms with E-state index in [1.54, 1.807) is 0 Å². The second kappa shape index (κ2) is 10.3. The van der Waals surface area contributed by atoms with Crippen molar-refractivity contribution in [2.24, 2.45) is 0 Å². The fraction of sp³-hybridized carbons (Fsp3) is 0.423. The molecule has 0 unspecified atom stereocenters. The molecule has 0 atom stereocenters. The van der Waals surface area contributed by atoms with E-state index in [1.807, 2.05) is 12.5 Å². The van der Waals surface area contributed by atoms with Crippen molar-refractivity contribution in [3.05, 3.63) is 78.9 Å². The van der Waals surface area contributed by atoms with Crippen molar-refractivity contribution in [3.8, 4) is 0 Å². The van der Waals surface area contributed by atoms with E-state index < -0.39 is 16.4 Å². The van der Waals surface area contributed by atoms with Gasteiger partial charge in [-0.1, -0.05) is 101 Å². The first kappa shape index (κ1) is 24.6. The Hall–Kier alpha value is -2.00. The monoisotopic (exact) mass is 466 g/mol. The largest absolute Gasteiger partial charge is 0.402 e. The summed E-state index contributed by atoms with van der Waals surface area (Å²) in [5.41, 5.74) is 1.05. The van der Waals surface area contributed by atoms with E-state index in [-0.39, 0.29) is 5.04 Å². The van der Waals surface area contributed by atoms with Crippen molar-refractivity contribution in [3.63, 3.8) is 0 Å². The zero-order valence-electron chi connectivity index (χ0n) is 20.5. The number of rotatable bonds is 10. The van der Waals surface area contributed by atoms with Gasteiger partial charge < -0.3 is 13.7 Å². The molecule has 0 bridgehead atoms. The molecule has 0 aliphatic heterocycles. The van der Waals surface area contributed by atoms with Crippen LogP contribution in [-0.4, -0.2) is 32.5 Å². The third-order valence-electron chi connectivity index (χ3n) is 5.88. The number of hydrogen-bond acceptors (Lipinski definition) is 3. The number of hydrogen-bond donors (Lipinski definition) is 0. The molecule has 0 saturated carbocycles. The summed E-state index contributed by atoms with van der Waals surface area (Å²) in [6.07, 6.45) is 3.75. The van der Waals surface area contributed by atoms with E-state index in [0.717, 1.165) is 18.3 Å². The molecule has 172 valence electrons. The Morgan fingerprint density at radius 2 is 1.44 bits per heavy atom. The van der Waals surface area contributed by atoms with E-state index >= 15 is 0 Å². The first-order chi connectivity index (χ1) is 15.1. The van der Waals surface area contributed by atoms with Gasteiger partial charge in [0.05, 0.1) is 24.8 Å². The average Bonchev–Trinajstić information content (AvgIpc) is 3.19. The predicted molar refractivity (Wildman–Crippen MR) is 139 cm³/mol. The van der Waals surface area contributed by atoms with E-state index in [4.69, 9.17) is 9.16 Å². The van der Waals surface area contributed by atoms with Gasteiger partial charge in [-0.05, 0) is 21.5 Å². The van der Waals surface area contributed by atoms with Crippen LogP contribution in [0.2, 0.25) is 30.7 Å². The molecule has 0 amide bonds. The first-order valence-electron chi connectivity index (χ1n) is 11.5. The van der Waals surface area contributed by atoms with Gasteiger partial charge in [-0.15, -0.1) is 0 Å². The smallest absolute Gasteiger partial charge is 0.261 e. The van der Waals surface area contributed by atoms with Crippen molar-refractivity contribution in [2.45, 2.75) is 64.8 Å². The highest BCUT2D eigenvalue weighted by Crippen LogP contribution is 2.37. The van der Waals surface area contributed by atoms with Gasteiger partial charge in [0.1, 0.15) is 6.73 Å². The Labute approximate surface area is 195 Å². The molecule has 0 saturated heterocycles. The topological polar surface area (TPSA) is 36.3 Å². The van der Waals surface area contributed by atoms with Crippen LogP contribution in [0.3, 0.4) is 0 Å². The molecule has 0 aliphatic rings. The van der Waals surface area contributed by atoms with E-state index in [2.05, 4.69) is 111 Å². The Morgan fingerprint density at radius 3 is 1.94 bits per heavy atom. The van der Waals surface area contributed by atoms with Gasteiger partial charge in [-0.3, -0.25) is 0 Å². The van der Waals surface area contributed by atoms with Gasteiger partial charge in [0.2, 0.25) is 0 Å². The van der Waals surface area contributed by atoms with E-state index in [0.29, 0.717) is 13.3 Å². The Morgan fingerprint density at radius 1 is 0.875 bits per heavy atom. The van der Waals surface area contributed by atoms with Gasteiger partial charge in [-0.2, -0.15) is 0 Å². The van der Waals surface area contributed by atoms with Crippen LogP contribution in [0.4, 0.5) is 0 Å². The minimum atomic E-state index is -2.57. The molecule has 1 aromatic heterocycles. The van der Waals surface area contributed by atoms with Crippen LogP contribution in [0.25, 0.3) is 0 Å². The highest BCUT2D eigenvalue weighted by molar-refractivity contribution is 6.99. The number of ether oxygens (including phenoxy) is 1. The fourth-order valence-electron chi connectivity index (χ4n) is 4.07. The molecule has 0 radical (unpaired) electrons. The molecular weight excluding hydrogens is 428 g/mol. The van der Waals surface area contributed by atoms with E-state index in [1.165, 1.54) is 10.4 Å². The first-order valence-corrected chi connectivity index (χ1v) is 17.1. The van der Waals surface area contributed by atoms with Gasteiger partial charge in [0.25, 0.3) is 8.32 Å². The summed E-state index contributed by atoms with van der Waals surface area (Å²) in [6.45, 7) is 15.8. The van der Waals surface area contributed by atoms with Crippen molar-refractivity contribution >= 4 is 26.8 Å². The van der Waals surface area contributed by atoms with Crippen molar-refractivity contribution in [1.29, 1.82) is 0 Å². The van der Waals surface area contributed by atoms with Crippen molar-refractivity contribution in [2.75, 3.05) is 6.61 Å². The van der Waals surface area contributed by atoms with Gasteiger partial charge in [-0.25, -0.2) is 4.98 Å². The number of imidazole rings is 1. The molecule has 1 heterocycles. The minimum Gasteiger partial charge on any atom is -0.402 e. The van der Waals surface area contributed by atoms with Crippen molar-refractivity contribution in [1.82, 2.24) is 9.55 Å². The van der Waals surface area contributed by atoms with Crippen LogP contribution < -0.4 is 10.4 Å². The molecule has 4 nitrogen and oxygen atoms in total. The maximum atomic E-state index is 7.04. The second-order valence-electron chi connectivity index (χ2n) is 10.7. The minimum absolute atomic E-state index is 0.0472. The van der Waals surface area contributed by atoms with E-state index in [9.17, 15) is 0 Å². The lowest BCUT2D eigenvalue weighted by Crippen LogP contribution is -2.66. The van der Waals surface area contributed by atoms with Crippen LogP contribution in [0, 0.1) is 0 Å². The number of nitrogens with zero attached hydrogens (tertiary/aromatic N) is 2. The molecule has 0 spiro atoms. The zero-order chi connectivity index (χ0) is 23.2. The standard InChI is InChI=1S/C26H38N2O2Si2/c1-26(2,3)32(24-13-9-7-10-14-24,25-15-11-8-12-16-25)30-20-23-19-27-21-28(23)22-29-17-18-31(4,5)6/h7-16,19,21H,17-18,20,22H2,1-6H3. The Kier molecular flexibility index (Phi) is 7.93. The summed E-state index contributed by atoms with van der Waals surface area (Å²) in [5.74, 6) is 0. The van der Waals surface area contributed by atoms with Crippen LogP contribution in [0.1, 0.15) is 26.5 Å². The lowest BCUT2D eigenvalue weighted by Gasteiger charge is -2.43. The zero-order valence-corrected chi connectivity index (χ0v) is 22.5. The Bertz CT molecular complexity index is 921. The average molecular weight is 467 g/mol. The SMILES string of the molecule is CC(C)(C)[Si](OCc1cncn1COCC[Si](C)(C)C)(c1ccccc1)c1ccccc1. The van der Waals surface area contributed by atoms with Crippen LogP contribution in [-0.2, 0) is 22.5 Å². The maximum Gasteiger partial charge on any atom is 0.261 e. The molecule has 3 rings (SSSR count). The van der Waals surface area contributed by atoms with Crippen LogP contribution in [0.15, 0.2) is 73.2 Å². The molecule has 32 heavy (non-hydrogen) atoms. The summed E-state index contributed by atoms with van der Waals surface area (Å²) in [6, 6.07) is 22.7. The summed E-state index contributed by atoms with van der Waals surface area (Å²) < 4.78 is 15.1. The summed E-state index contributed by atoms with van der Waals surface area (Å²) >= 11 is 0. The number of aromatic nitrogens is 2. The second-order valence-corrected chi connectivity index (χ2v) is 20.6. The van der Waals surface area contributed by atoms with Crippen LogP contribution in [0.5, 0.6) is 0 Å². The third-order valence-corrected chi connectivity index (χ3v) is 12.6. The fourth-order valence-corrected chi connectivity index (χ4v) is 9.35. The summed E-state index contributed by atoms with van der Waals surface area (Å²) in [5, 5.41) is 2.53.